The normalized spacial score (nSPS) is 10.2. The zero-order valence-electron chi connectivity index (χ0n) is 12.1. The molecule has 2 N–H and O–H groups in total. The number of hydrogen-bond acceptors (Lipinski definition) is 4. The monoisotopic (exact) mass is 300 g/mol. The van der Waals surface area contributed by atoms with E-state index >= 15 is 0 Å². The van der Waals surface area contributed by atoms with Gasteiger partial charge in [0.2, 0.25) is 0 Å². The smallest absolute Gasteiger partial charge is 0.251 e. The van der Waals surface area contributed by atoms with Crippen molar-refractivity contribution in [3.05, 3.63) is 22.7 Å². The van der Waals surface area contributed by atoms with E-state index < -0.39 is 0 Å². The van der Waals surface area contributed by atoms with E-state index in [-0.39, 0.29) is 5.91 Å². The Kier molecular flexibility index (Phi) is 7.18. The lowest BCUT2D eigenvalue weighted by molar-refractivity contribution is 0.0953. The molecule has 0 bridgehead atoms. The third-order valence-electron chi connectivity index (χ3n) is 2.60. The summed E-state index contributed by atoms with van der Waals surface area (Å²) in [5.74, 6) is 0.745. The van der Waals surface area contributed by atoms with Gasteiger partial charge in [-0.05, 0) is 25.6 Å². The maximum absolute atomic E-state index is 12.0. The molecule has 1 amide bonds. The number of methoxy groups -OCH3 is 1. The van der Waals surface area contributed by atoms with Gasteiger partial charge in [0.15, 0.2) is 11.5 Å². The van der Waals surface area contributed by atoms with Gasteiger partial charge >= 0.3 is 0 Å². The zero-order valence-corrected chi connectivity index (χ0v) is 12.8. The van der Waals surface area contributed by atoms with E-state index in [1.165, 1.54) is 7.11 Å². The summed E-state index contributed by atoms with van der Waals surface area (Å²) < 4.78 is 10.8. The van der Waals surface area contributed by atoms with Crippen LogP contribution < -0.4 is 20.1 Å². The maximum atomic E-state index is 12.0. The van der Waals surface area contributed by atoms with E-state index in [2.05, 4.69) is 10.6 Å². The summed E-state index contributed by atoms with van der Waals surface area (Å²) in [4.78, 5) is 12.0. The molecular weight excluding hydrogens is 280 g/mol. The summed E-state index contributed by atoms with van der Waals surface area (Å²) in [7, 11) is 3.35. The number of carbonyl (C=O) groups is 1. The second kappa shape index (κ2) is 8.66. The number of hydrogen-bond donors (Lipinski definition) is 2. The topological polar surface area (TPSA) is 59.6 Å². The van der Waals surface area contributed by atoms with Crippen LogP contribution in [-0.2, 0) is 0 Å². The molecule has 1 aromatic rings. The van der Waals surface area contributed by atoms with E-state index in [9.17, 15) is 4.79 Å². The van der Waals surface area contributed by atoms with Crippen LogP contribution in [0.2, 0.25) is 5.02 Å². The highest BCUT2D eigenvalue weighted by Crippen LogP contribution is 2.36. The summed E-state index contributed by atoms with van der Waals surface area (Å²) >= 11 is 6.16. The summed E-state index contributed by atoms with van der Waals surface area (Å²) in [5, 5.41) is 6.11. The van der Waals surface area contributed by atoms with Crippen LogP contribution in [0.1, 0.15) is 23.7 Å². The van der Waals surface area contributed by atoms with Crippen LogP contribution in [0.4, 0.5) is 0 Å². The van der Waals surface area contributed by atoms with Crippen molar-refractivity contribution in [2.75, 3.05) is 33.9 Å². The Hall–Kier alpha value is -1.46. The molecule has 0 fully saturated rings. The predicted octanol–water partition coefficient (Wildman–Crippen LogP) is 2.09. The minimum absolute atomic E-state index is 0.192. The number of likely N-dealkylation sites (N-methyl/N-ethyl adjacent to an activating group) is 1. The van der Waals surface area contributed by atoms with Crippen molar-refractivity contribution < 1.29 is 14.3 Å². The first-order valence-electron chi connectivity index (χ1n) is 6.57. The van der Waals surface area contributed by atoms with E-state index in [0.29, 0.717) is 41.8 Å². The fourth-order valence-corrected chi connectivity index (χ4v) is 1.86. The highest BCUT2D eigenvalue weighted by molar-refractivity contribution is 6.32. The number of benzene rings is 1. The van der Waals surface area contributed by atoms with E-state index in [4.69, 9.17) is 21.1 Å². The van der Waals surface area contributed by atoms with E-state index in [0.717, 1.165) is 6.42 Å². The van der Waals surface area contributed by atoms with Gasteiger partial charge < -0.3 is 20.1 Å². The first kappa shape index (κ1) is 16.6. The van der Waals surface area contributed by atoms with Gasteiger partial charge in [0.05, 0.1) is 18.7 Å². The molecule has 0 atom stereocenters. The zero-order chi connectivity index (χ0) is 15.0. The second-order valence-corrected chi connectivity index (χ2v) is 4.60. The molecular formula is C14H21ClN2O3. The highest BCUT2D eigenvalue weighted by Gasteiger charge is 2.15. The van der Waals surface area contributed by atoms with Crippen molar-refractivity contribution in [1.82, 2.24) is 10.6 Å². The first-order chi connectivity index (χ1) is 9.63. The Balaban J connectivity index is 2.89. The lowest BCUT2D eigenvalue weighted by Crippen LogP contribution is -2.30. The Morgan fingerprint density at radius 2 is 2.10 bits per heavy atom. The number of nitrogens with one attached hydrogen (secondary N) is 2. The Morgan fingerprint density at radius 1 is 1.35 bits per heavy atom. The molecule has 112 valence electrons. The number of ether oxygens (including phenoxy) is 2. The Bertz CT molecular complexity index is 452. The predicted molar refractivity (Wildman–Crippen MR) is 80.0 cm³/mol. The second-order valence-electron chi connectivity index (χ2n) is 4.20. The van der Waals surface area contributed by atoms with Crippen molar-refractivity contribution in [2.45, 2.75) is 13.3 Å². The van der Waals surface area contributed by atoms with Crippen molar-refractivity contribution in [2.24, 2.45) is 0 Å². The van der Waals surface area contributed by atoms with E-state index in [1.54, 1.807) is 12.1 Å². The third-order valence-corrected chi connectivity index (χ3v) is 2.88. The SMILES string of the molecule is CCCOc1c(Cl)cc(C(=O)NCCNC)cc1OC. The molecule has 5 nitrogen and oxygen atoms in total. The molecule has 0 radical (unpaired) electrons. The standard InChI is InChI=1S/C14H21ClN2O3/c1-4-7-20-13-11(15)8-10(9-12(13)19-3)14(18)17-6-5-16-2/h8-9,16H,4-7H2,1-3H3,(H,17,18). The molecule has 1 aromatic carbocycles. The van der Waals surface area contributed by atoms with Crippen LogP contribution >= 0.6 is 11.6 Å². The third kappa shape index (κ3) is 4.58. The van der Waals surface area contributed by atoms with Gasteiger partial charge in [-0.25, -0.2) is 0 Å². The summed E-state index contributed by atoms with van der Waals surface area (Å²) in [6.45, 7) is 3.80. The Labute approximate surface area is 124 Å². The molecule has 0 spiro atoms. The molecule has 0 aliphatic carbocycles. The minimum Gasteiger partial charge on any atom is -0.493 e. The molecule has 1 rings (SSSR count). The molecule has 0 unspecified atom stereocenters. The van der Waals surface area contributed by atoms with E-state index in [1.807, 2.05) is 14.0 Å². The van der Waals surface area contributed by atoms with Gasteiger partial charge in [-0.2, -0.15) is 0 Å². The lowest BCUT2D eigenvalue weighted by atomic mass is 10.2. The molecule has 0 heterocycles. The van der Waals surface area contributed by atoms with Gasteiger partial charge in [-0.15, -0.1) is 0 Å². The molecule has 0 aliphatic heterocycles. The molecule has 0 saturated heterocycles. The molecule has 0 aromatic heterocycles. The quantitative estimate of drug-likeness (QED) is 0.722. The number of amides is 1. The molecule has 0 aliphatic rings. The van der Waals surface area contributed by atoms with Gasteiger partial charge in [0.1, 0.15) is 0 Å². The average molecular weight is 301 g/mol. The van der Waals surface area contributed by atoms with Gasteiger partial charge in [0, 0.05) is 18.7 Å². The summed E-state index contributed by atoms with van der Waals surface area (Å²) in [6, 6.07) is 3.22. The lowest BCUT2D eigenvalue weighted by Gasteiger charge is -2.13. The fraction of sp³-hybridized carbons (Fsp3) is 0.500. The van der Waals surface area contributed by atoms with Crippen LogP contribution in [0.15, 0.2) is 12.1 Å². The van der Waals surface area contributed by atoms with Crippen LogP contribution in [0.5, 0.6) is 11.5 Å². The average Bonchev–Trinajstić information content (AvgIpc) is 2.45. The minimum atomic E-state index is -0.192. The highest BCUT2D eigenvalue weighted by atomic mass is 35.5. The largest absolute Gasteiger partial charge is 0.493 e. The van der Waals surface area contributed by atoms with Crippen LogP contribution in [-0.4, -0.2) is 39.8 Å². The van der Waals surface area contributed by atoms with Crippen molar-refractivity contribution >= 4 is 17.5 Å². The van der Waals surface area contributed by atoms with Crippen molar-refractivity contribution in [3.63, 3.8) is 0 Å². The Morgan fingerprint density at radius 3 is 2.70 bits per heavy atom. The first-order valence-corrected chi connectivity index (χ1v) is 6.95. The van der Waals surface area contributed by atoms with Crippen LogP contribution in [0.25, 0.3) is 0 Å². The van der Waals surface area contributed by atoms with Gasteiger partial charge in [-0.3, -0.25) is 4.79 Å². The van der Waals surface area contributed by atoms with Gasteiger partial charge in [-0.1, -0.05) is 18.5 Å². The van der Waals surface area contributed by atoms with Gasteiger partial charge in [0.25, 0.3) is 5.91 Å². The maximum Gasteiger partial charge on any atom is 0.251 e. The van der Waals surface area contributed by atoms with Crippen molar-refractivity contribution in [3.8, 4) is 11.5 Å². The summed E-state index contributed by atoms with van der Waals surface area (Å²) in [6.07, 6.45) is 0.867. The number of rotatable bonds is 8. The number of carbonyl (C=O) groups excluding carboxylic acids is 1. The van der Waals surface area contributed by atoms with Crippen LogP contribution in [0, 0.1) is 0 Å². The molecule has 20 heavy (non-hydrogen) atoms. The summed E-state index contributed by atoms with van der Waals surface area (Å²) in [5.41, 5.74) is 0.451. The van der Waals surface area contributed by atoms with Crippen LogP contribution in [0.3, 0.4) is 0 Å². The number of halogens is 1. The molecule has 6 heteroatoms. The molecule has 0 saturated carbocycles. The fourth-order valence-electron chi connectivity index (χ4n) is 1.60. The van der Waals surface area contributed by atoms with Crippen molar-refractivity contribution in [1.29, 1.82) is 0 Å².